The van der Waals surface area contributed by atoms with Crippen LogP contribution >= 0.6 is 11.3 Å². The summed E-state index contributed by atoms with van der Waals surface area (Å²) >= 11 is 1.73. The Bertz CT molecular complexity index is 1060. The van der Waals surface area contributed by atoms with Crippen molar-refractivity contribution >= 4 is 34.2 Å². The molecule has 2 saturated heterocycles. The van der Waals surface area contributed by atoms with E-state index in [1.807, 2.05) is 47.6 Å². The second kappa shape index (κ2) is 34.4. The number of likely N-dealkylation sites (tertiary alicyclic amines) is 1. The van der Waals surface area contributed by atoms with Gasteiger partial charge in [0.05, 0.1) is 17.2 Å². The van der Waals surface area contributed by atoms with Crippen molar-refractivity contribution in [2.75, 3.05) is 50.8 Å². The van der Waals surface area contributed by atoms with Gasteiger partial charge >= 0.3 is 0 Å². The number of likely N-dealkylation sites (N-methyl/N-ethyl adjacent to an activating group) is 1. The molecule has 51 heavy (non-hydrogen) atoms. The summed E-state index contributed by atoms with van der Waals surface area (Å²) in [6, 6.07) is 7.15. The molecule has 0 spiro atoms. The standard InChI is InChI=1S/C15H26N2OS.C10H20N2.C8H11NO.C4H9NO.2C2H6/c1-3-5-6-8-14(7-4-2)17-15-13(9-10-19-15)11-16-12-18;1-2-8-12(9-3-1)10-4-6-11-7-5-10;1-5-3-6(2)8(9)7(10)4-5;1-4(6)3-5-2;2*1-2/h9-10,12,14,17H,3-8,11H2,1-2H3,(H,16,18);10-11H,1-9H2;3-4,10H,9H2,1-2H3;5H,3H2,1-2H3;2*1-2H3. The number of amides is 1. The molecule has 0 aliphatic carbocycles. The van der Waals surface area contributed by atoms with Crippen molar-refractivity contribution in [3.8, 4) is 5.75 Å². The number of rotatable bonds is 14. The molecule has 2 aliphatic heterocycles. The number of thiophene rings is 1. The molecule has 1 aromatic carbocycles. The van der Waals surface area contributed by atoms with Gasteiger partial charge in [0.25, 0.3) is 0 Å². The molecule has 2 fully saturated rings. The lowest BCUT2D eigenvalue weighted by Gasteiger charge is -2.36. The fourth-order valence-corrected chi connectivity index (χ4v) is 6.77. The van der Waals surface area contributed by atoms with Gasteiger partial charge in [-0.1, -0.05) is 79.7 Å². The molecule has 0 radical (unpaired) electrons. The minimum atomic E-state index is 0.178. The monoisotopic (exact) mass is 735 g/mol. The van der Waals surface area contributed by atoms with Gasteiger partial charge in [0.2, 0.25) is 6.41 Å². The van der Waals surface area contributed by atoms with Crippen molar-refractivity contribution in [2.45, 2.75) is 152 Å². The van der Waals surface area contributed by atoms with Crippen LogP contribution in [0.1, 0.15) is 136 Å². The largest absolute Gasteiger partial charge is 0.506 e. The molecule has 2 aliphatic rings. The molecule has 9 nitrogen and oxygen atoms in total. The van der Waals surface area contributed by atoms with Crippen molar-refractivity contribution in [1.29, 1.82) is 0 Å². The van der Waals surface area contributed by atoms with Crippen molar-refractivity contribution in [1.82, 2.24) is 20.9 Å². The molecule has 1 amide bonds. The van der Waals surface area contributed by atoms with Crippen molar-refractivity contribution < 1.29 is 14.7 Å². The van der Waals surface area contributed by atoms with Gasteiger partial charge in [-0.25, -0.2) is 0 Å². The molecule has 1 aromatic heterocycles. The van der Waals surface area contributed by atoms with Crippen LogP contribution in [0.4, 0.5) is 10.7 Å². The number of ketones is 1. The summed E-state index contributed by atoms with van der Waals surface area (Å²) in [4.78, 5) is 23.1. The molecular weight excluding hydrogens is 657 g/mol. The van der Waals surface area contributed by atoms with E-state index in [2.05, 4.69) is 51.5 Å². The van der Waals surface area contributed by atoms with Gasteiger partial charge in [0.1, 0.15) is 11.5 Å². The van der Waals surface area contributed by atoms with E-state index >= 15 is 0 Å². The highest BCUT2D eigenvalue weighted by atomic mass is 32.1. The first-order valence-electron chi connectivity index (χ1n) is 19.8. The SMILES string of the molecule is C1CCN(C2CCNCC2)CC1.CC.CC.CCCCCC(CCC)Nc1sccc1CNC=O.CNCC(C)=O.Cc1cc(C)c(N)c(O)c1. The van der Waals surface area contributed by atoms with E-state index in [1.54, 1.807) is 31.4 Å². The molecule has 1 atom stereocenters. The number of Topliss-reactive ketones (excluding diaryl/α,β-unsaturated/α-hetero) is 1. The maximum absolute atomic E-state index is 10.4. The number of nitrogens with one attached hydrogen (secondary N) is 4. The third-order valence-electron chi connectivity index (χ3n) is 8.40. The summed E-state index contributed by atoms with van der Waals surface area (Å²) in [6.07, 6.45) is 15.4. The zero-order valence-corrected chi connectivity index (χ0v) is 35.1. The van der Waals surface area contributed by atoms with E-state index in [0.29, 0.717) is 24.8 Å². The maximum atomic E-state index is 10.4. The van der Waals surface area contributed by atoms with Gasteiger partial charge in [-0.3, -0.25) is 9.59 Å². The fourth-order valence-electron chi connectivity index (χ4n) is 5.88. The number of phenols is 1. The van der Waals surface area contributed by atoms with Crippen LogP contribution in [0.15, 0.2) is 23.6 Å². The molecule has 7 N–H and O–H groups in total. The van der Waals surface area contributed by atoms with Crippen LogP contribution in [0.5, 0.6) is 5.75 Å². The predicted molar refractivity (Wildman–Crippen MR) is 224 cm³/mol. The van der Waals surface area contributed by atoms with Gasteiger partial charge < -0.3 is 37.0 Å². The number of anilines is 2. The first kappa shape index (κ1) is 50.4. The van der Waals surface area contributed by atoms with Crippen LogP contribution in [0, 0.1) is 13.8 Å². The van der Waals surface area contributed by atoms with Gasteiger partial charge in [-0.05, 0) is 121 Å². The van der Waals surface area contributed by atoms with Crippen molar-refractivity contribution in [3.05, 3.63) is 40.3 Å². The van der Waals surface area contributed by atoms with Crippen LogP contribution in [0.3, 0.4) is 0 Å². The number of hydrogen-bond acceptors (Lipinski definition) is 9. The highest BCUT2D eigenvalue weighted by molar-refractivity contribution is 7.14. The lowest BCUT2D eigenvalue weighted by molar-refractivity contribution is -0.116. The fraction of sp³-hybridized carbons (Fsp3) is 0.707. The number of benzene rings is 1. The van der Waals surface area contributed by atoms with Gasteiger partial charge in [0, 0.05) is 24.2 Å². The smallest absolute Gasteiger partial charge is 0.207 e. The average Bonchev–Trinajstić information content (AvgIpc) is 3.59. The highest BCUT2D eigenvalue weighted by Gasteiger charge is 2.21. The summed E-state index contributed by atoms with van der Waals surface area (Å²) in [7, 11) is 1.75. The molecule has 0 saturated carbocycles. The van der Waals surface area contributed by atoms with E-state index in [0.717, 1.165) is 23.6 Å². The molecule has 3 heterocycles. The summed E-state index contributed by atoms with van der Waals surface area (Å²) in [6.45, 7) is 24.1. The van der Waals surface area contributed by atoms with E-state index in [4.69, 9.17) is 10.8 Å². The molecular formula is C41H78N6O3S. The Morgan fingerprint density at radius 2 is 1.69 bits per heavy atom. The van der Waals surface area contributed by atoms with Crippen molar-refractivity contribution in [3.63, 3.8) is 0 Å². The number of unbranched alkanes of at least 4 members (excludes halogenated alkanes) is 2. The number of carbonyl (C=O) groups excluding carboxylic acids is 2. The number of hydrogen-bond donors (Lipinski definition) is 6. The quantitative estimate of drug-likeness (QED) is 0.0492. The Labute approximate surface area is 317 Å². The number of phenolic OH excluding ortho intramolecular Hbond substituents is 1. The van der Waals surface area contributed by atoms with E-state index < -0.39 is 0 Å². The van der Waals surface area contributed by atoms with Crippen LogP contribution in [-0.2, 0) is 16.1 Å². The lowest BCUT2D eigenvalue weighted by Crippen LogP contribution is -2.45. The number of nitrogen functional groups attached to an aromatic ring is 1. The average molecular weight is 735 g/mol. The number of nitrogens with zero attached hydrogens (tertiary/aromatic N) is 1. The third kappa shape index (κ3) is 25.0. The van der Waals surface area contributed by atoms with Gasteiger partial charge in [-0.2, -0.15) is 0 Å². The minimum Gasteiger partial charge on any atom is -0.506 e. The minimum absolute atomic E-state index is 0.178. The Kier molecular flexibility index (Phi) is 34.1. The summed E-state index contributed by atoms with van der Waals surface area (Å²) < 4.78 is 0. The topological polar surface area (TPSA) is 132 Å². The van der Waals surface area contributed by atoms with Crippen LogP contribution in [0.2, 0.25) is 0 Å². The van der Waals surface area contributed by atoms with Crippen LogP contribution in [0.25, 0.3) is 0 Å². The Morgan fingerprint density at radius 3 is 2.20 bits per heavy atom. The molecule has 0 bridgehead atoms. The second-order valence-electron chi connectivity index (χ2n) is 12.7. The van der Waals surface area contributed by atoms with E-state index in [9.17, 15) is 9.59 Å². The number of aromatic hydroxyl groups is 1. The zero-order chi connectivity index (χ0) is 38.9. The molecule has 2 aromatic rings. The Balaban J connectivity index is 0. The van der Waals surface area contributed by atoms with Crippen LogP contribution < -0.4 is 27.0 Å². The number of aryl methyl sites for hydroxylation is 2. The number of carbonyl (C=O) groups is 2. The predicted octanol–water partition coefficient (Wildman–Crippen LogP) is 8.82. The van der Waals surface area contributed by atoms with E-state index in [-0.39, 0.29) is 11.5 Å². The zero-order valence-electron chi connectivity index (χ0n) is 34.3. The lowest BCUT2D eigenvalue weighted by atomic mass is 10.0. The van der Waals surface area contributed by atoms with Crippen molar-refractivity contribution in [2.24, 2.45) is 0 Å². The van der Waals surface area contributed by atoms with Crippen LogP contribution in [-0.4, -0.2) is 74.1 Å². The first-order chi connectivity index (χ1) is 24.7. The molecule has 4 rings (SSSR count). The molecule has 296 valence electrons. The normalized spacial score (nSPS) is 14.5. The maximum Gasteiger partial charge on any atom is 0.207 e. The Morgan fingerprint density at radius 1 is 1.04 bits per heavy atom. The summed E-state index contributed by atoms with van der Waals surface area (Å²) in [5.41, 5.74) is 9.13. The van der Waals surface area contributed by atoms with Gasteiger partial charge in [-0.15, -0.1) is 11.3 Å². The van der Waals surface area contributed by atoms with Gasteiger partial charge in [0.15, 0.2) is 0 Å². The molecule has 10 heteroatoms. The summed E-state index contributed by atoms with van der Waals surface area (Å²) in [5, 5.41) is 25.0. The second-order valence-corrected chi connectivity index (χ2v) is 13.6. The number of piperidine rings is 2. The van der Waals surface area contributed by atoms with E-state index in [1.165, 1.54) is 107 Å². The third-order valence-corrected chi connectivity index (χ3v) is 9.29. The molecule has 1 unspecified atom stereocenters. The highest BCUT2D eigenvalue weighted by Crippen LogP contribution is 2.26. The first-order valence-corrected chi connectivity index (χ1v) is 20.7. The number of nitrogens with two attached hydrogens (primary N) is 1. The Hall–Kier alpha value is -2.66. The summed E-state index contributed by atoms with van der Waals surface area (Å²) in [5.74, 6) is 0.356.